The largest absolute Gasteiger partial charge is 0.497 e. The van der Waals surface area contributed by atoms with E-state index in [0.29, 0.717) is 12.5 Å². The zero-order valence-electron chi connectivity index (χ0n) is 18.2. The van der Waals surface area contributed by atoms with Gasteiger partial charge in [-0.3, -0.25) is 4.99 Å². The lowest BCUT2D eigenvalue weighted by Gasteiger charge is -2.23. The van der Waals surface area contributed by atoms with E-state index >= 15 is 0 Å². The first-order valence-corrected chi connectivity index (χ1v) is 10.6. The summed E-state index contributed by atoms with van der Waals surface area (Å²) in [6, 6.07) is 18.1. The van der Waals surface area contributed by atoms with Gasteiger partial charge in [-0.25, -0.2) is 0 Å². The molecule has 30 heavy (non-hydrogen) atoms. The number of methoxy groups -OCH3 is 1. The molecule has 0 bridgehead atoms. The maximum atomic E-state index is 6.00. The Bertz CT molecular complexity index is 780. The first-order chi connectivity index (χ1) is 14.7. The van der Waals surface area contributed by atoms with E-state index in [1.807, 2.05) is 37.4 Å². The summed E-state index contributed by atoms with van der Waals surface area (Å²) in [7, 11) is 3.70. The van der Waals surface area contributed by atoms with E-state index in [9.17, 15) is 0 Å². The maximum Gasteiger partial charge on any atom is 0.193 e. The number of nitrogens with zero attached hydrogens (tertiary/aromatic N) is 2. The molecule has 0 aromatic heterocycles. The van der Waals surface area contributed by atoms with Gasteiger partial charge in [-0.2, -0.15) is 0 Å². The smallest absolute Gasteiger partial charge is 0.193 e. The summed E-state index contributed by atoms with van der Waals surface area (Å²) >= 11 is 0. The molecule has 1 aliphatic heterocycles. The fraction of sp³-hybridized carbons (Fsp3) is 0.458. The van der Waals surface area contributed by atoms with Crippen LogP contribution < -0.4 is 14.8 Å². The van der Waals surface area contributed by atoms with Crippen LogP contribution in [0, 0.1) is 5.92 Å². The monoisotopic (exact) mass is 411 g/mol. The zero-order valence-corrected chi connectivity index (χ0v) is 18.2. The molecule has 2 aromatic rings. The third kappa shape index (κ3) is 6.13. The van der Waals surface area contributed by atoms with Gasteiger partial charge in [-0.05, 0) is 43.2 Å². The predicted octanol–water partition coefficient (Wildman–Crippen LogP) is 3.75. The van der Waals surface area contributed by atoms with Crippen molar-refractivity contribution < 1.29 is 14.2 Å². The van der Waals surface area contributed by atoms with Crippen LogP contribution in [0.4, 0.5) is 0 Å². The molecule has 0 amide bonds. The molecule has 1 N–H and O–H groups in total. The van der Waals surface area contributed by atoms with Crippen LogP contribution in [0.25, 0.3) is 0 Å². The van der Waals surface area contributed by atoms with Crippen molar-refractivity contribution >= 4 is 5.96 Å². The van der Waals surface area contributed by atoms with Crippen LogP contribution in [0.15, 0.2) is 59.6 Å². The SMILES string of the molecule is CCNC(=NCC1CCOC1c1ccccc1)N(C)CCOc1ccc(OC)cc1. The van der Waals surface area contributed by atoms with Gasteiger partial charge < -0.3 is 24.4 Å². The Kier molecular flexibility index (Phi) is 8.39. The molecule has 2 aromatic carbocycles. The van der Waals surface area contributed by atoms with Gasteiger partial charge in [0.1, 0.15) is 18.1 Å². The van der Waals surface area contributed by atoms with Gasteiger partial charge in [-0.1, -0.05) is 30.3 Å². The molecule has 0 radical (unpaired) electrons. The highest BCUT2D eigenvalue weighted by molar-refractivity contribution is 5.79. The van der Waals surface area contributed by atoms with Gasteiger partial charge in [0.2, 0.25) is 0 Å². The summed E-state index contributed by atoms with van der Waals surface area (Å²) in [5.74, 6) is 2.95. The first kappa shape index (κ1) is 22.0. The van der Waals surface area contributed by atoms with Crippen molar-refractivity contribution in [2.24, 2.45) is 10.9 Å². The Labute approximate surface area is 179 Å². The van der Waals surface area contributed by atoms with E-state index in [1.54, 1.807) is 7.11 Å². The molecule has 162 valence electrons. The van der Waals surface area contributed by atoms with Crippen LogP contribution in [0.1, 0.15) is 25.0 Å². The number of ether oxygens (including phenoxy) is 3. The second-order valence-corrected chi connectivity index (χ2v) is 7.39. The summed E-state index contributed by atoms with van der Waals surface area (Å²) < 4.78 is 17.0. The Morgan fingerprint density at radius 2 is 1.87 bits per heavy atom. The number of nitrogens with one attached hydrogen (secondary N) is 1. The minimum Gasteiger partial charge on any atom is -0.497 e. The number of guanidine groups is 1. The lowest BCUT2D eigenvalue weighted by molar-refractivity contribution is 0.0925. The van der Waals surface area contributed by atoms with Crippen LogP contribution in [0.2, 0.25) is 0 Å². The van der Waals surface area contributed by atoms with Gasteiger partial charge in [0.05, 0.1) is 19.8 Å². The average molecular weight is 412 g/mol. The third-order valence-corrected chi connectivity index (χ3v) is 5.27. The minimum absolute atomic E-state index is 0.126. The molecule has 1 heterocycles. The molecule has 0 saturated carbocycles. The van der Waals surface area contributed by atoms with Crippen molar-refractivity contribution in [1.29, 1.82) is 0 Å². The summed E-state index contributed by atoms with van der Waals surface area (Å²) in [6.45, 7) is 5.76. The van der Waals surface area contributed by atoms with Gasteiger partial charge in [0.15, 0.2) is 5.96 Å². The minimum atomic E-state index is 0.126. The fourth-order valence-corrected chi connectivity index (χ4v) is 3.58. The number of rotatable bonds is 9. The summed E-state index contributed by atoms with van der Waals surface area (Å²) in [5, 5.41) is 3.39. The van der Waals surface area contributed by atoms with E-state index in [2.05, 4.69) is 41.4 Å². The molecule has 2 unspecified atom stereocenters. The number of likely N-dealkylation sites (N-methyl/N-ethyl adjacent to an activating group) is 1. The van der Waals surface area contributed by atoms with Gasteiger partial charge in [-0.15, -0.1) is 0 Å². The molecule has 3 rings (SSSR count). The van der Waals surface area contributed by atoms with Crippen LogP contribution in [0.5, 0.6) is 11.5 Å². The Morgan fingerprint density at radius 3 is 2.57 bits per heavy atom. The molecule has 1 saturated heterocycles. The summed E-state index contributed by atoms with van der Waals surface area (Å²) in [5.41, 5.74) is 1.24. The van der Waals surface area contributed by atoms with Crippen LogP contribution in [0.3, 0.4) is 0 Å². The van der Waals surface area contributed by atoms with Crippen LogP contribution in [-0.2, 0) is 4.74 Å². The maximum absolute atomic E-state index is 6.00. The van der Waals surface area contributed by atoms with Gasteiger partial charge in [0, 0.05) is 32.7 Å². The topological polar surface area (TPSA) is 55.3 Å². The van der Waals surface area contributed by atoms with Gasteiger partial charge in [0.25, 0.3) is 0 Å². The third-order valence-electron chi connectivity index (χ3n) is 5.27. The zero-order chi connectivity index (χ0) is 21.2. The van der Waals surface area contributed by atoms with E-state index in [-0.39, 0.29) is 6.10 Å². The molecule has 1 aliphatic rings. The average Bonchev–Trinajstić information content (AvgIpc) is 3.26. The second kappa shape index (κ2) is 11.5. The Morgan fingerprint density at radius 1 is 1.13 bits per heavy atom. The molecule has 1 fully saturated rings. The fourth-order valence-electron chi connectivity index (χ4n) is 3.58. The first-order valence-electron chi connectivity index (χ1n) is 10.6. The highest BCUT2D eigenvalue weighted by Crippen LogP contribution is 2.34. The predicted molar refractivity (Wildman–Crippen MR) is 120 cm³/mol. The van der Waals surface area contributed by atoms with Gasteiger partial charge >= 0.3 is 0 Å². The van der Waals surface area contributed by atoms with E-state index in [1.165, 1.54) is 5.56 Å². The standard InChI is InChI=1S/C24H33N3O3/c1-4-25-24(27(2)15-17-29-22-12-10-21(28-3)11-13-22)26-18-20-14-16-30-23(20)19-8-6-5-7-9-19/h5-13,20,23H,4,14-18H2,1-3H3,(H,25,26). The molecule has 0 spiro atoms. The van der Waals surface area contributed by atoms with Crippen LogP contribution >= 0.6 is 0 Å². The summed E-state index contributed by atoms with van der Waals surface area (Å²) in [6.07, 6.45) is 1.16. The van der Waals surface area contributed by atoms with Crippen molar-refractivity contribution in [3.63, 3.8) is 0 Å². The lowest BCUT2D eigenvalue weighted by Crippen LogP contribution is -2.41. The number of hydrogen-bond donors (Lipinski definition) is 1. The van der Waals surface area contributed by atoms with Crippen molar-refractivity contribution in [1.82, 2.24) is 10.2 Å². The van der Waals surface area contributed by atoms with E-state index in [4.69, 9.17) is 19.2 Å². The molecule has 0 aliphatic carbocycles. The summed E-state index contributed by atoms with van der Waals surface area (Å²) in [4.78, 5) is 7.01. The van der Waals surface area contributed by atoms with Crippen molar-refractivity contribution in [2.75, 3.05) is 47.0 Å². The number of hydrogen-bond acceptors (Lipinski definition) is 4. The molecule has 6 heteroatoms. The van der Waals surface area contributed by atoms with Crippen molar-refractivity contribution in [2.45, 2.75) is 19.4 Å². The molecule has 6 nitrogen and oxygen atoms in total. The normalized spacial score (nSPS) is 18.8. The second-order valence-electron chi connectivity index (χ2n) is 7.39. The number of aliphatic imine (C=N–C) groups is 1. The van der Waals surface area contributed by atoms with E-state index < -0.39 is 0 Å². The van der Waals surface area contributed by atoms with Crippen molar-refractivity contribution in [3.05, 3.63) is 60.2 Å². The van der Waals surface area contributed by atoms with E-state index in [0.717, 1.165) is 50.1 Å². The Balaban J connectivity index is 1.53. The lowest BCUT2D eigenvalue weighted by atomic mass is 9.95. The highest BCUT2D eigenvalue weighted by Gasteiger charge is 2.29. The molecular formula is C24H33N3O3. The van der Waals surface area contributed by atoms with Crippen LogP contribution in [-0.4, -0.2) is 57.9 Å². The molecule has 2 atom stereocenters. The highest BCUT2D eigenvalue weighted by atomic mass is 16.5. The van der Waals surface area contributed by atoms with Crippen molar-refractivity contribution in [3.8, 4) is 11.5 Å². The number of benzene rings is 2. The quantitative estimate of drug-likeness (QED) is 0.503. The Hall–Kier alpha value is -2.73. The molecular weight excluding hydrogens is 378 g/mol.